The number of amidine groups is 1. The number of aromatic nitrogens is 1. The van der Waals surface area contributed by atoms with Crippen LogP contribution in [0.15, 0.2) is 59.9 Å². The van der Waals surface area contributed by atoms with E-state index in [1.54, 1.807) is 6.20 Å². The van der Waals surface area contributed by atoms with Crippen molar-refractivity contribution in [2.24, 2.45) is 10.7 Å². The van der Waals surface area contributed by atoms with E-state index >= 15 is 0 Å². The quantitative estimate of drug-likeness (QED) is 0.657. The molecule has 0 bridgehead atoms. The number of hydrogen-bond donors (Lipinski definition) is 2. The standard InChI is InChI=1S/C19H22N4/c1-14(18-9-5-4-8-17(18)11-12-20)13-21-16(3)23-19-10-6-7-15(2)22-19/h4-13H,20H2,1-3H3,(H,21,22,23)/b12-11-,14-13+. The minimum atomic E-state index is 0.786. The zero-order valence-electron chi connectivity index (χ0n) is 13.7. The molecule has 1 aromatic carbocycles. The average Bonchev–Trinajstić information content (AvgIpc) is 2.53. The number of hydrogen-bond acceptors (Lipinski definition) is 3. The van der Waals surface area contributed by atoms with Gasteiger partial charge in [-0.3, -0.25) is 0 Å². The fourth-order valence-corrected chi connectivity index (χ4v) is 2.20. The van der Waals surface area contributed by atoms with Crippen molar-refractivity contribution in [3.05, 3.63) is 71.7 Å². The summed E-state index contributed by atoms with van der Waals surface area (Å²) in [6.45, 7) is 5.91. The Morgan fingerprint density at radius 3 is 2.65 bits per heavy atom. The number of pyridine rings is 1. The van der Waals surface area contributed by atoms with Crippen molar-refractivity contribution in [1.82, 2.24) is 4.98 Å². The van der Waals surface area contributed by atoms with Crippen molar-refractivity contribution in [2.75, 3.05) is 5.32 Å². The van der Waals surface area contributed by atoms with Gasteiger partial charge in [0.1, 0.15) is 11.7 Å². The van der Waals surface area contributed by atoms with Crippen LogP contribution in [0.3, 0.4) is 0 Å². The second-order valence-corrected chi connectivity index (χ2v) is 5.26. The Kier molecular flexibility index (Phi) is 5.69. The highest BCUT2D eigenvalue weighted by Crippen LogP contribution is 2.20. The zero-order valence-corrected chi connectivity index (χ0v) is 13.7. The van der Waals surface area contributed by atoms with Crippen molar-refractivity contribution >= 4 is 23.3 Å². The number of rotatable bonds is 4. The highest BCUT2D eigenvalue weighted by atomic mass is 15.0. The van der Waals surface area contributed by atoms with Crippen LogP contribution in [-0.2, 0) is 0 Å². The number of nitrogens with zero attached hydrogens (tertiary/aromatic N) is 2. The number of nitrogens with one attached hydrogen (secondary N) is 1. The number of anilines is 1. The van der Waals surface area contributed by atoms with Gasteiger partial charge in [0.05, 0.1) is 0 Å². The van der Waals surface area contributed by atoms with Crippen molar-refractivity contribution in [1.29, 1.82) is 0 Å². The van der Waals surface area contributed by atoms with E-state index in [1.807, 2.05) is 69.4 Å². The third kappa shape index (κ3) is 4.81. The molecule has 0 aliphatic heterocycles. The van der Waals surface area contributed by atoms with E-state index in [2.05, 4.69) is 21.4 Å². The van der Waals surface area contributed by atoms with Gasteiger partial charge in [0.15, 0.2) is 0 Å². The monoisotopic (exact) mass is 306 g/mol. The van der Waals surface area contributed by atoms with Crippen molar-refractivity contribution in [3.8, 4) is 0 Å². The summed E-state index contributed by atoms with van der Waals surface area (Å²) in [4.78, 5) is 8.88. The predicted octanol–water partition coefficient (Wildman–Crippen LogP) is 4.21. The maximum atomic E-state index is 5.51. The maximum absolute atomic E-state index is 5.51. The van der Waals surface area contributed by atoms with Gasteiger partial charge < -0.3 is 11.1 Å². The van der Waals surface area contributed by atoms with E-state index in [0.29, 0.717) is 0 Å². The molecule has 0 saturated carbocycles. The van der Waals surface area contributed by atoms with E-state index < -0.39 is 0 Å². The van der Waals surface area contributed by atoms with Gasteiger partial charge in [0, 0.05) is 11.9 Å². The second-order valence-electron chi connectivity index (χ2n) is 5.26. The average molecular weight is 306 g/mol. The highest BCUT2D eigenvalue weighted by Gasteiger charge is 2.01. The summed E-state index contributed by atoms with van der Waals surface area (Å²) in [6, 6.07) is 13.9. The molecule has 1 aromatic heterocycles. The summed E-state index contributed by atoms with van der Waals surface area (Å²) < 4.78 is 0. The van der Waals surface area contributed by atoms with E-state index in [9.17, 15) is 0 Å². The van der Waals surface area contributed by atoms with Crippen molar-refractivity contribution in [2.45, 2.75) is 20.8 Å². The molecule has 3 N–H and O–H groups in total. The fourth-order valence-electron chi connectivity index (χ4n) is 2.20. The highest BCUT2D eigenvalue weighted by molar-refractivity contribution is 5.93. The lowest BCUT2D eigenvalue weighted by Crippen LogP contribution is -2.08. The first-order valence-electron chi connectivity index (χ1n) is 7.49. The van der Waals surface area contributed by atoms with E-state index in [-0.39, 0.29) is 0 Å². The lowest BCUT2D eigenvalue weighted by Gasteiger charge is -2.07. The topological polar surface area (TPSA) is 63.3 Å². The Hall–Kier alpha value is -2.88. The molecule has 23 heavy (non-hydrogen) atoms. The van der Waals surface area contributed by atoms with E-state index in [1.165, 1.54) is 0 Å². The summed E-state index contributed by atoms with van der Waals surface area (Å²) in [5.74, 6) is 1.58. The molecule has 0 atom stereocenters. The summed E-state index contributed by atoms with van der Waals surface area (Å²) in [7, 11) is 0. The largest absolute Gasteiger partial charge is 0.405 e. The molecule has 0 fully saturated rings. The van der Waals surface area contributed by atoms with Crippen LogP contribution in [0.5, 0.6) is 0 Å². The third-order valence-electron chi connectivity index (χ3n) is 3.31. The number of allylic oxidation sites excluding steroid dienone is 1. The Morgan fingerprint density at radius 1 is 1.13 bits per heavy atom. The minimum absolute atomic E-state index is 0.786. The molecule has 0 aliphatic rings. The van der Waals surface area contributed by atoms with Gasteiger partial charge in [-0.25, -0.2) is 9.98 Å². The Morgan fingerprint density at radius 2 is 1.91 bits per heavy atom. The first-order valence-corrected chi connectivity index (χ1v) is 7.49. The van der Waals surface area contributed by atoms with Crippen LogP contribution in [0.2, 0.25) is 0 Å². The third-order valence-corrected chi connectivity index (χ3v) is 3.31. The Balaban J connectivity index is 2.17. The number of nitrogens with two attached hydrogens (primary N) is 1. The van der Waals surface area contributed by atoms with Crippen molar-refractivity contribution < 1.29 is 0 Å². The molecule has 0 amide bonds. The smallest absolute Gasteiger partial charge is 0.131 e. The SMILES string of the molecule is CC(=N/C=C(\C)c1ccccc1/C=C\N)Nc1cccc(C)n1. The summed E-state index contributed by atoms with van der Waals surface area (Å²) in [5, 5.41) is 3.19. The van der Waals surface area contributed by atoms with Crippen LogP contribution in [0.4, 0.5) is 5.82 Å². The van der Waals surface area contributed by atoms with Gasteiger partial charge >= 0.3 is 0 Å². The molecule has 0 spiro atoms. The molecule has 0 aliphatic carbocycles. The van der Waals surface area contributed by atoms with Crippen molar-refractivity contribution in [3.63, 3.8) is 0 Å². The molecule has 4 heteroatoms. The second kappa shape index (κ2) is 7.94. The molecule has 2 rings (SSSR count). The summed E-state index contributed by atoms with van der Waals surface area (Å²) >= 11 is 0. The molecular weight excluding hydrogens is 284 g/mol. The Labute approximate surface area is 137 Å². The van der Waals surface area contributed by atoms with Crippen LogP contribution in [0, 0.1) is 6.92 Å². The zero-order chi connectivity index (χ0) is 16.7. The molecule has 0 radical (unpaired) electrons. The normalized spacial score (nSPS) is 12.7. The van der Waals surface area contributed by atoms with Crippen LogP contribution in [0.25, 0.3) is 11.6 Å². The maximum Gasteiger partial charge on any atom is 0.131 e. The van der Waals surface area contributed by atoms with Crippen LogP contribution < -0.4 is 11.1 Å². The van der Waals surface area contributed by atoms with Crippen LogP contribution in [-0.4, -0.2) is 10.8 Å². The molecule has 0 unspecified atom stereocenters. The van der Waals surface area contributed by atoms with Crippen LogP contribution >= 0.6 is 0 Å². The van der Waals surface area contributed by atoms with Crippen LogP contribution in [0.1, 0.15) is 30.7 Å². The first kappa shape index (κ1) is 16.5. The van der Waals surface area contributed by atoms with Gasteiger partial charge in [0.25, 0.3) is 0 Å². The van der Waals surface area contributed by atoms with Gasteiger partial charge in [-0.15, -0.1) is 0 Å². The van der Waals surface area contributed by atoms with E-state index in [4.69, 9.17) is 5.73 Å². The minimum Gasteiger partial charge on any atom is -0.405 e. The number of benzene rings is 1. The van der Waals surface area contributed by atoms with Gasteiger partial charge in [-0.05, 0) is 61.9 Å². The number of aliphatic imine (C=N–C) groups is 1. The van der Waals surface area contributed by atoms with Gasteiger partial charge in [-0.2, -0.15) is 0 Å². The lowest BCUT2D eigenvalue weighted by atomic mass is 10.0. The molecular formula is C19H22N4. The molecule has 118 valence electrons. The predicted molar refractivity (Wildman–Crippen MR) is 99.0 cm³/mol. The Bertz CT molecular complexity index is 757. The molecule has 4 nitrogen and oxygen atoms in total. The number of aryl methyl sites for hydroxylation is 1. The molecule has 1 heterocycles. The lowest BCUT2D eigenvalue weighted by molar-refractivity contribution is 1.20. The van der Waals surface area contributed by atoms with Gasteiger partial charge in [0.2, 0.25) is 0 Å². The summed E-state index contributed by atoms with van der Waals surface area (Å²) in [5.41, 5.74) is 9.73. The van der Waals surface area contributed by atoms with E-state index in [0.717, 1.165) is 34.0 Å². The molecule has 0 saturated heterocycles. The summed E-state index contributed by atoms with van der Waals surface area (Å²) in [6.07, 6.45) is 5.28. The van der Waals surface area contributed by atoms with Gasteiger partial charge in [-0.1, -0.05) is 30.3 Å². The molecule has 2 aromatic rings. The fraction of sp³-hybridized carbons (Fsp3) is 0.158. The first-order chi connectivity index (χ1) is 11.1.